The van der Waals surface area contributed by atoms with E-state index in [0.717, 1.165) is 19.6 Å². The molecule has 1 aliphatic rings. The van der Waals surface area contributed by atoms with Crippen LogP contribution in [0, 0.1) is 11.3 Å². The van der Waals surface area contributed by atoms with Crippen LogP contribution >= 0.6 is 0 Å². The minimum absolute atomic E-state index is 0.186. The molecule has 1 rings (SSSR count). The molecule has 0 spiro atoms. The molecule has 19 heavy (non-hydrogen) atoms. The summed E-state index contributed by atoms with van der Waals surface area (Å²) in [7, 11) is 0. The van der Waals surface area contributed by atoms with Crippen LogP contribution in [0.15, 0.2) is 0 Å². The third-order valence-corrected chi connectivity index (χ3v) is 4.37. The Morgan fingerprint density at radius 2 is 1.95 bits per heavy atom. The second-order valence-electron chi connectivity index (χ2n) is 7.69. The van der Waals surface area contributed by atoms with E-state index in [-0.39, 0.29) is 5.54 Å². The smallest absolute Gasteiger partial charge is 0.0471 e. The van der Waals surface area contributed by atoms with Gasteiger partial charge in [-0.25, -0.2) is 0 Å². The lowest BCUT2D eigenvalue weighted by Gasteiger charge is -2.40. The molecule has 0 saturated carbocycles. The van der Waals surface area contributed by atoms with Gasteiger partial charge in [0.15, 0.2) is 0 Å². The molecule has 3 nitrogen and oxygen atoms in total. The Morgan fingerprint density at radius 1 is 1.26 bits per heavy atom. The maximum atomic E-state index is 9.34. The molecule has 114 valence electrons. The summed E-state index contributed by atoms with van der Waals surface area (Å²) in [6.45, 7) is 16.2. The maximum absolute atomic E-state index is 9.34. The molecule has 2 unspecified atom stereocenters. The van der Waals surface area contributed by atoms with Gasteiger partial charge in [0.1, 0.15) is 0 Å². The Labute approximate surface area is 119 Å². The lowest BCUT2D eigenvalue weighted by atomic mass is 9.84. The number of nitrogens with zero attached hydrogens (tertiary/aromatic N) is 1. The molecule has 0 bridgehead atoms. The van der Waals surface area contributed by atoms with Crippen molar-refractivity contribution < 1.29 is 5.11 Å². The summed E-state index contributed by atoms with van der Waals surface area (Å²) in [5.74, 6) is 0.491. The third kappa shape index (κ3) is 6.24. The van der Waals surface area contributed by atoms with E-state index in [2.05, 4.69) is 44.8 Å². The highest BCUT2D eigenvalue weighted by Crippen LogP contribution is 2.26. The van der Waals surface area contributed by atoms with Gasteiger partial charge < -0.3 is 15.3 Å². The molecule has 0 amide bonds. The monoisotopic (exact) mass is 270 g/mol. The van der Waals surface area contributed by atoms with Crippen LogP contribution in [0.2, 0.25) is 0 Å². The lowest BCUT2D eigenvalue weighted by molar-refractivity contribution is 0.0789. The predicted molar refractivity (Wildman–Crippen MR) is 82.4 cm³/mol. The van der Waals surface area contributed by atoms with Crippen molar-refractivity contribution >= 4 is 0 Å². The zero-order valence-corrected chi connectivity index (χ0v) is 13.6. The first kappa shape index (κ1) is 16.9. The molecule has 3 heteroatoms. The first-order chi connectivity index (χ1) is 8.78. The van der Waals surface area contributed by atoms with Crippen LogP contribution in [0.3, 0.4) is 0 Å². The van der Waals surface area contributed by atoms with Crippen LogP contribution in [0.4, 0.5) is 0 Å². The van der Waals surface area contributed by atoms with Gasteiger partial charge in [-0.05, 0) is 57.9 Å². The Hall–Kier alpha value is -0.120. The maximum Gasteiger partial charge on any atom is 0.0471 e. The number of hydrogen-bond donors (Lipinski definition) is 2. The van der Waals surface area contributed by atoms with E-state index >= 15 is 0 Å². The van der Waals surface area contributed by atoms with Crippen molar-refractivity contribution in [2.24, 2.45) is 11.3 Å². The molecule has 0 radical (unpaired) electrons. The standard InChI is InChI=1S/C16H34N2O/c1-6-16(5,12-17-15(2,3)4)13-18-9-7-8-14(10-18)11-19/h14,17,19H,6-13H2,1-5H3. The molecular formula is C16H34N2O. The number of aliphatic hydroxyl groups excluding tert-OH is 1. The molecular weight excluding hydrogens is 236 g/mol. The molecule has 0 aromatic rings. The molecule has 0 aromatic heterocycles. The summed E-state index contributed by atoms with van der Waals surface area (Å²) >= 11 is 0. The lowest BCUT2D eigenvalue weighted by Crippen LogP contribution is -2.49. The Morgan fingerprint density at radius 3 is 2.47 bits per heavy atom. The summed E-state index contributed by atoms with van der Waals surface area (Å²) in [4.78, 5) is 2.55. The van der Waals surface area contributed by atoms with E-state index in [1.165, 1.54) is 25.8 Å². The van der Waals surface area contributed by atoms with Crippen LogP contribution in [0.25, 0.3) is 0 Å². The number of hydrogen-bond acceptors (Lipinski definition) is 3. The van der Waals surface area contributed by atoms with Crippen molar-refractivity contribution in [3.8, 4) is 0 Å². The van der Waals surface area contributed by atoms with E-state index in [1.54, 1.807) is 0 Å². The van der Waals surface area contributed by atoms with Crippen molar-refractivity contribution in [1.29, 1.82) is 0 Å². The average molecular weight is 270 g/mol. The van der Waals surface area contributed by atoms with Crippen molar-refractivity contribution in [3.05, 3.63) is 0 Å². The fourth-order valence-electron chi connectivity index (χ4n) is 2.76. The average Bonchev–Trinajstić information content (AvgIpc) is 2.36. The minimum Gasteiger partial charge on any atom is -0.396 e. The van der Waals surface area contributed by atoms with Crippen LogP contribution in [-0.4, -0.2) is 48.3 Å². The van der Waals surface area contributed by atoms with Gasteiger partial charge in [0.2, 0.25) is 0 Å². The van der Waals surface area contributed by atoms with Crippen molar-refractivity contribution in [3.63, 3.8) is 0 Å². The van der Waals surface area contributed by atoms with Gasteiger partial charge in [-0.15, -0.1) is 0 Å². The molecule has 2 N–H and O–H groups in total. The van der Waals surface area contributed by atoms with Crippen LogP contribution in [-0.2, 0) is 0 Å². The van der Waals surface area contributed by atoms with Gasteiger partial charge in [0.25, 0.3) is 0 Å². The second kappa shape index (κ2) is 7.05. The quantitative estimate of drug-likeness (QED) is 0.778. The number of nitrogens with one attached hydrogen (secondary N) is 1. The normalized spacial score (nSPS) is 25.3. The molecule has 1 heterocycles. The van der Waals surface area contributed by atoms with E-state index in [1.807, 2.05) is 0 Å². The van der Waals surface area contributed by atoms with Crippen molar-refractivity contribution in [2.45, 2.75) is 59.4 Å². The van der Waals surface area contributed by atoms with Gasteiger partial charge in [0.05, 0.1) is 0 Å². The number of likely N-dealkylation sites (tertiary alicyclic amines) is 1. The van der Waals surface area contributed by atoms with Gasteiger partial charge >= 0.3 is 0 Å². The molecule has 0 aliphatic carbocycles. The van der Waals surface area contributed by atoms with Gasteiger partial charge in [-0.1, -0.05) is 13.8 Å². The summed E-state index contributed by atoms with van der Waals surface area (Å²) in [5.41, 5.74) is 0.511. The second-order valence-corrected chi connectivity index (χ2v) is 7.69. The zero-order valence-electron chi connectivity index (χ0n) is 13.6. The molecule has 1 aliphatic heterocycles. The summed E-state index contributed by atoms with van der Waals surface area (Å²) in [5, 5.41) is 13.0. The van der Waals surface area contributed by atoms with Crippen LogP contribution < -0.4 is 5.32 Å². The Balaban J connectivity index is 2.49. The topological polar surface area (TPSA) is 35.5 Å². The summed E-state index contributed by atoms with van der Waals surface area (Å²) < 4.78 is 0. The fourth-order valence-corrected chi connectivity index (χ4v) is 2.76. The van der Waals surface area contributed by atoms with E-state index in [9.17, 15) is 5.11 Å². The number of rotatable bonds is 6. The van der Waals surface area contributed by atoms with E-state index in [0.29, 0.717) is 17.9 Å². The van der Waals surface area contributed by atoms with Gasteiger partial charge in [-0.3, -0.25) is 0 Å². The molecule has 1 fully saturated rings. The zero-order chi connectivity index (χ0) is 14.5. The highest BCUT2D eigenvalue weighted by atomic mass is 16.3. The predicted octanol–water partition coefficient (Wildman–Crippen LogP) is 2.50. The highest BCUT2D eigenvalue weighted by molar-refractivity contribution is 4.85. The third-order valence-electron chi connectivity index (χ3n) is 4.37. The Kier molecular flexibility index (Phi) is 6.28. The van der Waals surface area contributed by atoms with Gasteiger partial charge in [0, 0.05) is 31.8 Å². The Bertz CT molecular complexity index is 262. The largest absolute Gasteiger partial charge is 0.396 e. The molecule has 2 atom stereocenters. The summed E-state index contributed by atoms with van der Waals surface area (Å²) in [6, 6.07) is 0. The van der Waals surface area contributed by atoms with Gasteiger partial charge in [-0.2, -0.15) is 0 Å². The number of piperidine rings is 1. The van der Waals surface area contributed by atoms with Crippen molar-refractivity contribution in [1.82, 2.24) is 10.2 Å². The number of aliphatic hydroxyl groups is 1. The first-order valence-electron chi connectivity index (χ1n) is 7.86. The fraction of sp³-hybridized carbons (Fsp3) is 1.00. The minimum atomic E-state index is 0.186. The first-order valence-corrected chi connectivity index (χ1v) is 7.86. The van der Waals surface area contributed by atoms with Crippen LogP contribution in [0.5, 0.6) is 0 Å². The summed E-state index contributed by atoms with van der Waals surface area (Å²) in [6.07, 6.45) is 3.62. The van der Waals surface area contributed by atoms with Crippen LogP contribution in [0.1, 0.15) is 53.9 Å². The SMILES string of the molecule is CCC(C)(CNC(C)(C)C)CN1CCCC(CO)C1. The molecule has 1 saturated heterocycles. The molecule has 0 aromatic carbocycles. The highest BCUT2D eigenvalue weighted by Gasteiger charge is 2.29. The van der Waals surface area contributed by atoms with E-state index < -0.39 is 0 Å². The van der Waals surface area contributed by atoms with Crippen molar-refractivity contribution in [2.75, 3.05) is 32.8 Å². The van der Waals surface area contributed by atoms with E-state index in [4.69, 9.17) is 0 Å².